The number of aliphatic imine (C=N–C) groups is 1. The van der Waals surface area contributed by atoms with E-state index in [-0.39, 0.29) is 19.2 Å². The summed E-state index contributed by atoms with van der Waals surface area (Å²) >= 11 is 0. The zero-order chi connectivity index (χ0) is 20.5. The molecule has 29 heavy (non-hydrogen) atoms. The van der Waals surface area contributed by atoms with Gasteiger partial charge in [-0.3, -0.25) is 5.32 Å². The zero-order valence-electron chi connectivity index (χ0n) is 16.0. The maximum Gasteiger partial charge on any atom is 0.437 e. The maximum absolute atomic E-state index is 12.1. The van der Waals surface area contributed by atoms with Crippen molar-refractivity contribution in [1.29, 1.82) is 0 Å². The monoisotopic (exact) mass is 396 g/mol. The Bertz CT molecular complexity index is 866. The van der Waals surface area contributed by atoms with Gasteiger partial charge in [0.2, 0.25) is 5.96 Å². The largest absolute Gasteiger partial charge is 0.444 e. The Morgan fingerprint density at radius 3 is 2.34 bits per heavy atom. The molecule has 152 valence electrons. The molecule has 1 fully saturated rings. The predicted molar refractivity (Wildman–Crippen MR) is 108 cm³/mol. The van der Waals surface area contributed by atoms with E-state index in [2.05, 4.69) is 10.3 Å². The molecule has 0 unspecified atom stereocenters. The first-order valence-corrected chi connectivity index (χ1v) is 9.40. The van der Waals surface area contributed by atoms with Gasteiger partial charge in [0.1, 0.15) is 13.2 Å². The first kappa shape index (κ1) is 20.3. The molecule has 0 bridgehead atoms. The molecule has 3 rings (SSSR count). The first-order valence-electron chi connectivity index (χ1n) is 9.40. The van der Waals surface area contributed by atoms with Gasteiger partial charge in [-0.2, -0.15) is 0 Å². The van der Waals surface area contributed by atoms with Crippen molar-refractivity contribution >= 4 is 18.1 Å². The standard InChI is InChI=1S/C21H24N4O4/c22-13-17-8-4-9-18(12-17)15-29-21(27)24-19(25-10-5-11-25)23-20(26)28-14-16-6-2-1-3-7-16/h1-4,6-9,12H,5,10-11,13-15,22H2,(H,23,24,26,27). The number of nitrogens with zero attached hydrogens (tertiary/aromatic N) is 2. The Kier molecular flexibility index (Phi) is 7.18. The van der Waals surface area contributed by atoms with Gasteiger partial charge in [-0.05, 0) is 23.1 Å². The lowest BCUT2D eigenvalue weighted by molar-refractivity contribution is 0.141. The van der Waals surface area contributed by atoms with Gasteiger partial charge >= 0.3 is 12.2 Å². The average molecular weight is 396 g/mol. The molecule has 2 aromatic rings. The van der Waals surface area contributed by atoms with Crippen molar-refractivity contribution in [3.05, 3.63) is 71.3 Å². The highest BCUT2D eigenvalue weighted by atomic mass is 16.6. The van der Waals surface area contributed by atoms with Crippen LogP contribution in [0.5, 0.6) is 0 Å². The number of nitrogens with one attached hydrogen (secondary N) is 1. The maximum atomic E-state index is 12.1. The molecule has 0 atom stereocenters. The minimum absolute atomic E-state index is 0.0713. The van der Waals surface area contributed by atoms with E-state index >= 15 is 0 Å². The minimum atomic E-state index is -0.784. The second-order valence-corrected chi connectivity index (χ2v) is 6.54. The third-order valence-corrected chi connectivity index (χ3v) is 4.37. The number of nitrogens with two attached hydrogens (primary N) is 1. The third-order valence-electron chi connectivity index (χ3n) is 4.37. The number of hydrogen-bond donors (Lipinski definition) is 2. The molecule has 1 heterocycles. The Morgan fingerprint density at radius 2 is 1.66 bits per heavy atom. The highest BCUT2D eigenvalue weighted by Crippen LogP contribution is 2.09. The summed E-state index contributed by atoms with van der Waals surface area (Å²) < 4.78 is 10.4. The van der Waals surface area contributed by atoms with Crippen molar-refractivity contribution < 1.29 is 19.1 Å². The van der Waals surface area contributed by atoms with Crippen LogP contribution in [0, 0.1) is 0 Å². The van der Waals surface area contributed by atoms with E-state index in [1.165, 1.54) is 0 Å². The minimum Gasteiger partial charge on any atom is -0.444 e. The van der Waals surface area contributed by atoms with Crippen LogP contribution in [-0.4, -0.2) is 36.1 Å². The van der Waals surface area contributed by atoms with Crippen LogP contribution in [0.3, 0.4) is 0 Å². The Morgan fingerprint density at radius 1 is 0.966 bits per heavy atom. The van der Waals surface area contributed by atoms with Gasteiger partial charge in [-0.15, -0.1) is 4.99 Å². The smallest absolute Gasteiger partial charge is 0.437 e. The Labute approximate surface area is 169 Å². The molecule has 8 heteroatoms. The number of ether oxygens (including phenoxy) is 2. The average Bonchev–Trinajstić information content (AvgIpc) is 2.70. The molecule has 0 aromatic heterocycles. The highest BCUT2D eigenvalue weighted by molar-refractivity contribution is 5.99. The lowest BCUT2D eigenvalue weighted by atomic mass is 10.1. The lowest BCUT2D eigenvalue weighted by Crippen LogP contribution is -2.51. The topological polar surface area (TPSA) is 106 Å². The van der Waals surface area contributed by atoms with Crippen molar-refractivity contribution in [3.63, 3.8) is 0 Å². The van der Waals surface area contributed by atoms with Crippen LogP contribution in [0.4, 0.5) is 9.59 Å². The zero-order valence-corrected chi connectivity index (χ0v) is 16.0. The second-order valence-electron chi connectivity index (χ2n) is 6.54. The molecular formula is C21H24N4O4. The van der Waals surface area contributed by atoms with E-state index in [4.69, 9.17) is 15.2 Å². The Balaban J connectivity index is 1.54. The van der Waals surface area contributed by atoms with Crippen LogP contribution in [0.25, 0.3) is 0 Å². The van der Waals surface area contributed by atoms with E-state index in [9.17, 15) is 9.59 Å². The molecule has 2 amide bonds. The molecule has 2 aromatic carbocycles. The van der Waals surface area contributed by atoms with Crippen molar-refractivity contribution in [2.75, 3.05) is 13.1 Å². The summed E-state index contributed by atoms with van der Waals surface area (Å²) in [6.07, 6.45) is -0.503. The molecule has 0 radical (unpaired) electrons. The normalized spacial score (nSPS) is 13.4. The number of guanidine groups is 1. The number of alkyl carbamates (subject to hydrolysis) is 1. The van der Waals surface area contributed by atoms with Crippen LogP contribution >= 0.6 is 0 Å². The van der Waals surface area contributed by atoms with Gasteiger partial charge in [-0.1, -0.05) is 54.6 Å². The summed E-state index contributed by atoms with van der Waals surface area (Å²) in [6.45, 7) is 2.01. The highest BCUT2D eigenvalue weighted by Gasteiger charge is 2.22. The fourth-order valence-electron chi connectivity index (χ4n) is 2.67. The van der Waals surface area contributed by atoms with Crippen molar-refractivity contribution in [2.24, 2.45) is 10.7 Å². The van der Waals surface area contributed by atoms with Crippen LogP contribution < -0.4 is 11.1 Å². The van der Waals surface area contributed by atoms with Crippen LogP contribution in [-0.2, 0) is 29.2 Å². The lowest BCUT2D eigenvalue weighted by Gasteiger charge is -2.33. The molecule has 1 aliphatic heterocycles. The van der Waals surface area contributed by atoms with Crippen LogP contribution in [0.15, 0.2) is 59.6 Å². The molecule has 0 aliphatic carbocycles. The fourth-order valence-corrected chi connectivity index (χ4v) is 2.67. The molecule has 0 saturated carbocycles. The molecule has 1 aliphatic rings. The summed E-state index contributed by atoms with van der Waals surface area (Å²) in [5.74, 6) is 0.134. The fraction of sp³-hybridized carbons (Fsp3) is 0.286. The summed E-state index contributed by atoms with van der Waals surface area (Å²) in [6, 6.07) is 16.8. The van der Waals surface area contributed by atoms with Crippen molar-refractivity contribution in [3.8, 4) is 0 Å². The van der Waals surface area contributed by atoms with E-state index in [1.54, 1.807) is 4.90 Å². The van der Waals surface area contributed by atoms with Crippen LogP contribution in [0.2, 0.25) is 0 Å². The van der Waals surface area contributed by atoms with Gasteiger partial charge in [0.25, 0.3) is 0 Å². The van der Waals surface area contributed by atoms with Gasteiger partial charge in [0, 0.05) is 19.6 Å². The molecule has 8 nitrogen and oxygen atoms in total. The Hall–Kier alpha value is -3.39. The molecule has 1 saturated heterocycles. The van der Waals surface area contributed by atoms with E-state index in [1.807, 2.05) is 54.6 Å². The van der Waals surface area contributed by atoms with Gasteiger partial charge < -0.3 is 20.1 Å². The van der Waals surface area contributed by atoms with E-state index in [0.717, 1.165) is 23.1 Å². The number of rotatable bonds is 5. The molecule has 3 N–H and O–H groups in total. The molecular weight excluding hydrogens is 372 g/mol. The number of hydrogen-bond acceptors (Lipinski definition) is 5. The van der Waals surface area contributed by atoms with Gasteiger partial charge in [-0.25, -0.2) is 9.59 Å². The third kappa shape index (κ3) is 6.32. The second kappa shape index (κ2) is 10.2. The van der Waals surface area contributed by atoms with E-state index in [0.29, 0.717) is 19.6 Å². The molecule has 0 spiro atoms. The quantitative estimate of drug-likeness (QED) is 0.595. The summed E-state index contributed by atoms with van der Waals surface area (Å²) in [4.78, 5) is 29.9. The summed E-state index contributed by atoms with van der Waals surface area (Å²) in [5, 5.41) is 2.53. The van der Waals surface area contributed by atoms with Crippen molar-refractivity contribution in [1.82, 2.24) is 10.2 Å². The SMILES string of the molecule is NCc1cccc(COC(=O)N=C(NC(=O)OCc2ccccc2)N2CCC2)c1. The van der Waals surface area contributed by atoms with E-state index < -0.39 is 12.2 Å². The number of benzene rings is 2. The summed E-state index contributed by atoms with van der Waals surface area (Å²) in [5.41, 5.74) is 8.25. The number of amides is 2. The van der Waals surface area contributed by atoms with Gasteiger partial charge in [0.05, 0.1) is 0 Å². The van der Waals surface area contributed by atoms with Gasteiger partial charge in [0.15, 0.2) is 0 Å². The van der Waals surface area contributed by atoms with Crippen molar-refractivity contribution in [2.45, 2.75) is 26.2 Å². The summed E-state index contributed by atoms with van der Waals surface area (Å²) in [7, 11) is 0. The first-order chi connectivity index (χ1) is 14.1. The number of carbonyl (C=O) groups excluding carboxylic acids is 2. The predicted octanol–water partition coefficient (Wildman–Crippen LogP) is 2.77. The number of likely N-dealkylation sites (tertiary alicyclic amines) is 1. The van der Waals surface area contributed by atoms with Crippen LogP contribution in [0.1, 0.15) is 23.1 Å². The number of carbonyl (C=O) groups is 2.